The van der Waals surface area contributed by atoms with Crippen LogP contribution in [0.25, 0.3) is 0 Å². The number of hydrazine groups is 1. The summed E-state index contributed by atoms with van der Waals surface area (Å²) in [6.45, 7) is 7.46. The second-order valence-corrected chi connectivity index (χ2v) is 7.83. The summed E-state index contributed by atoms with van der Waals surface area (Å²) < 4.78 is 28.8. The third-order valence-electron chi connectivity index (χ3n) is 3.79. The fourth-order valence-electron chi connectivity index (χ4n) is 2.54. The molecule has 3 N–H and O–H groups in total. The molecule has 0 saturated carbocycles. The molecular formula is C13H29N3O3S. The molecule has 1 aliphatic heterocycles. The van der Waals surface area contributed by atoms with Crippen molar-refractivity contribution in [3.63, 3.8) is 0 Å². The van der Waals surface area contributed by atoms with Crippen molar-refractivity contribution >= 4 is 9.84 Å². The van der Waals surface area contributed by atoms with Crippen LogP contribution in [-0.2, 0) is 14.6 Å². The van der Waals surface area contributed by atoms with Crippen molar-refractivity contribution in [3.8, 4) is 0 Å². The van der Waals surface area contributed by atoms with Crippen molar-refractivity contribution in [1.29, 1.82) is 0 Å². The summed E-state index contributed by atoms with van der Waals surface area (Å²) >= 11 is 0. The lowest BCUT2D eigenvalue weighted by Crippen LogP contribution is -2.54. The molecule has 0 spiro atoms. The van der Waals surface area contributed by atoms with Crippen molar-refractivity contribution in [3.05, 3.63) is 0 Å². The van der Waals surface area contributed by atoms with Crippen molar-refractivity contribution in [2.45, 2.75) is 45.3 Å². The van der Waals surface area contributed by atoms with E-state index in [-0.39, 0.29) is 23.7 Å². The van der Waals surface area contributed by atoms with Gasteiger partial charge < -0.3 is 4.74 Å². The Hall–Kier alpha value is -0.210. The van der Waals surface area contributed by atoms with Gasteiger partial charge in [0.15, 0.2) is 0 Å². The van der Waals surface area contributed by atoms with E-state index in [1.165, 1.54) is 0 Å². The number of sulfone groups is 1. The van der Waals surface area contributed by atoms with Crippen LogP contribution >= 0.6 is 0 Å². The highest BCUT2D eigenvalue weighted by atomic mass is 32.2. The summed E-state index contributed by atoms with van der Waals surface area (Å²) in [5.74, 6) is 6.04. The molecule has 120 valence electrons. The molecule has 20 heavy (non-hydrogen) atoms. The third kappa shape index (κ3) is 6.05. The predicted molar refractivity (Wildman–Crippen MR) is 81.1 cm³/mol. The predicted octanol–water partition coefficient (Wildman–Crippen LogP) is 0.144. The number of nitrogens with zero attached hydrogens (tertiary/aromatic N) is 1. The topological polar surface area (TPSA) is 84.7 Å². The van der Waals surface area contributed by atoms with E-state index in [1.807, 2.05) is 0 Å². The first-order chi connectivity index (χ1) is 9.52. The summed E-state index contributed by atoms with van der Waals surface area (Å²) in [6.07, 6.45) is 2.52. The van der Waals surface area contributed by atoms with Crippen molar-refractivity contribution < 1.29 is 13.2 Å². The summed E-state index contributed by atoms with van der Waals surface area (Å²) in [5, 5.41) is 0. The molecule has 0 aromatic carbocycles. The average Bonchev–Trinajstić information content (AvgIpc) is 2.44. The van der Waals surface area contributed by atoms with Crippen LogP contribution in [0, 0.1) is 0 Å². The summed E-state index contributed by atoms with van der Waals surface area (Å²) in [4.78, 5) is 2.38. The lowest BCUT2D eigenvalue weighted by Gasteiger charge is -2.36. The summed E-state index contributed by atoms with van der Waals surface area (Å²) in [7, 11) is -2.89. The molecular weight excluding hydrogens is 278 g/mol. The van der Waals surface area contributed by atoms with Gasteiger partial charge >= 0.3 is 0 Å². The molecule has 1 saturated heterocycles. The zero-order valence-electron chi connectivity index (χ0n) is 12.7. The fraction of sp³-hybridized carbons (Fsp3) is 1.00. The Morgan fingerprint density at radius 3 is 2.80 bits per heavy atom. The van der Waals surface area contributed by atoms with Crippen LogP contribution in [-0.4, -0.2) is 63.2 Å². The van der Waals surface area contributed by atoms with Crippen molar-refractivity contribution in [1.82, 2.24) is 10.3 Å². The van der Waals surface area contributed by atoms with Crippen LogP contribution in [0.5, 0.6) is 0 Å². The highest BCUT2D eigenvalue weighted by Crippen LogP contribution is 2.13. The molecule has 7 heteroatoms. The van der Waals surface area contributed by atoms with Crippen LogP contribution in [0.1, 0.15) is 33.1 Å². The minimum Gasteiger partial charge on any atom is -0.374 e. The SMILES string of the molecule is CCCN1CCOC(C(CCCS(=O)(=O)CC)NN)C1. The maximum Gasteiger partial charge on any atom is 0.150 e. The van der Waals surface area contributed by atoms with Crippen molar-refractivity contribution in [2.75, 3.05) is 37.7 Å². The first-order valence-electron chi connectivity index (χ1n) is 7.53. The van der Waals surface area contributed by atoms with Gasteiger partial charge in [-0.05, 0) is 25.8 Å². The molecule has 2 unspecified atom stereocenters. The highest BCUT2D eigenvalue weighted by molar-refractivity contribution is 7.91. The van der Waals surface area contributed by atoms with Gasteiger partial charge in [0.25, 0.3) is 0 Å². The van der Waals surface area contributed by atoms with Gasteiger partial charge in [0, 0.05) is 24.9 Å². The molecule has 0 aromatic rings. The number of nitrogens with two attached hydrogens (primary N) is 1. The molecule has 0 bridgehead atoms. The zero-order chi connectivity index (χ0) is 15.0. The van der Waals surface area contributed by atoms with Gasteiger partial charge in [-0.25, -0.2) is 8.42 Å². The van der Waals surface area contributed by atoms with E-state index in [9.17, 15) is 8.42 Å². The maximum absolute atomic E-state index is 11.5. The van der Waals surface area contributed by atoms with Gasteiger partial charge in [-0.2, -0.15) is 0 Å². The Morgan fingerprint density at radius 1 is 1.45 bits per heavy atom. The Kier molecular flexibility index (Phi) is 7.98. The number of nitrogens with one attached hydrogen (secondary N) is 1. The first-order valence-corrected chi connectivity index (χ1v) is 9.35. The highest BCUT2D eigenvalue weighted by Gasteiger charge is 2.27. The van der Waals surface area contributed by atoms with Crippen LogP contribution in [0.2, 0.25) is 0 Å². The van der Waals surface area contributed by atoms with Crippen LogP contribution in [0.15, 0.2) is 0 Å². The van der Waals surface area contributed by atoms with Crippen molar-refractivity contribution in [2.24, 2.45) is 5.84 Å². The number of morpholine rings is 1. The first kappa shape index (κ1) is 17.8. The lowest BCUT2D eigenvalue weighted by molar-refractivity contribution is -0.0476. The average molecular weight is 307 g/mol. The smallest absolute Gasteiger partial charge is 0.150 e. The largest absolute Gasteiger partial charge is 0.374 e. The molecule has 6 nitrogen and oxygen atoms in total. The number of hydrogen-bond acceptors (Lipinski definition) is 6. The van der Waals surface area contributed by atoms with E-state index >= 15 is 0 Å². The van der Waals surface area contributed by atoms with Gasteiger partial charge in [0.1, 0.15) is 9.84 Å². The second-order valence-electron chi connectivity index (χ2n) is 5.36. The van der Waals surface area contributed by atoms with Gasteiger partial charge in [-0.1, -0.05) is 13.8 Å². The molecule has 0 radical (unpaired) electrons. The molecule has 0 aromatic heterocycles. The summed E-state index contributed by atoms with van der Waals surface area (Å²) in [6, 6.07) is 0.0155. The molecule has 1 aliphatic rings. The van der Waals surface area contributed by atoms with Crippen LogP contribution in [0.4, 0.5) is 0 Å². The van der Waals surface area contributed by atoms with E-state index in [4.69, 9.17) is 10.6 Å². The minimum atomic E-state index is -2.89. The Morgan fingerprint density at radius 2 is 2.20 bits per heavy atom. The van der Waals surface area contributed by atoms with E-state index in [2.05, 4.69) is 17.2 Å². The lowest BCUT2D eigenvalue weighted by atomic mass is 10.0. The van der Waals surface area contributed by atoms with Gasteiger partial charge in [-0.15, -0.1) is 0 Å². The van der Waals surface area contributed by atoms with E-state index in [0.29, 0.717) is 6.42 Å². The Balaban J connectivity index is 2.41. The summed E-state index contributed by atoms with van der Waals surface area (Å²) in [5.41, 5.74) is 2.79. The van der Waals surface area contributed by atoms with E-state index in [1.54, 1.807) is 6.92 Å². The fourth-order valence-corrected chi connectivity index (χ4v) is 3.43. The van der Waals surface area contributed by atoms with Crippen LogP contribution in [0.3, 0.4) is 0 Å². The molecule has 0 amide bonds. The number of ether oxygens (including phenoxy) is 1. The third-order valence-corrected chi connectivity index (χ3v) is 5.58. The minimum absolute atomic E-state index is 0.0155. The zero-order valence-corrected chi connectivity index (χ0v) is 13.5. The molecule has 2 atom stereocenters. The molecule has 1 rings (SSSR count). The quantitative estimate of drug-likeness (QED) is 0.466. The molecule has 1 fully saturated rings. The maximum atomic E-state index is 11.5. The Bertz CT molecular complexity index is 360. The van der Waals surface area contributed by atoms with E-state index < -0.39 is 9.84 Å². The van der Waals surface area contributed by atoms with E-state index in [0.717, 1.165) is 39.1 Å². The standard InChI is InChI=1S/C13H29N3O3S/c1-3-7-16-8-9-19-13(11-16)12(15-14)6-5-10-20(17,18)4-2/h12-13,15H,3-11,14H2,1-2H3. The van der Waals surface area contributed by atoms with Crippen LogP contribution < -0.4 is 11.3 Å². The number of hydrogen-bond donors (Lipinski definition) is 2. The molecule has 0 aliphatic carbocycles. The van der Waals surface area contributed by atoms with Gasteiger partial charge in [0.05, 0.1) is 18.5 Å². The van der Waals surface area contributed by atoms with Gasteiger partial charge in [-0.3, -0.25) is 16.2 Å². The Labute approximate surface area is 122 Å². The number of rotatable bonds is 9. The van der Waals surface area contributed by atoms with Gasteiger partial charge in [0.2, 0.25) is 0 Å². The second kappa shape index (κ2) is 8.94. The normalized spacial score (nSPS) is 22.9. The molecule has 1 heterocycles. The monoisotopic (exact) mass is 307 g/mol.